The molecule has 1 N–H and O–H groups in total. The lowest BCUT2D eigenvalue weighted by Crippen LogP contribution is -2.51. The van der Waals surface area contributed by atoms with Crippen LogP contribution in [0.15, 0.2) is 39.5 Å². The SMILES string of the molecule is COC1=Nc2nc(/C=C3/C(=O)N4C(C(=O)O)=CS[C@H]34)cn2C2CCC=C12. The van der Waals surface area contributed by atoms with Gasteiger partial charge in [0.25, 0.3) is 5.91 Å². The number of fused-ring (bicyclic) bond motifs is 4. The van der Waals surface area contributed by atoms with Gasteiger partial charge in [-0.15, -0.1) is 11.8 Å². The zero-order valence-electron chi connectivity index (χ0n) is 13.7. The zero-order valence-corrected chi connectivity index (χ0v) is 14.6. The number of thioether (sulfide) groups is 1. The number of ether oxygens (including phenoxy) is 1. The number of aliphatic imine (C=N–C) groups is 1. The summed E-state index contributed by atoms with van der Waals surface area (Å²) in [4.78, 5) is 33.8. The highest BCUT2D eigenvalue weighted by Crippen LogP contribution is 2.45. The lowest BCUT2D eigenvalue weighted by molar-refractivity contribution is -0.141. The molecule has 4 aliphatic rings. The highest BCUT2D eigenvalue weighted by atomic mass is 32.2. The van der Waals surface area contributed by atoms with Gasteiger partial charge in [0.1, 0.15) is 11.1 Å². The Hall–Kier alpha value is -2.81. The monoisotopic (exact) mass is 370 g/mol. The molecule has 1 unspecified atom stereocenters. The second kappa shape index (κ2) is 5.34. The summed E-state index contributed by atoms with van der Waals surface area (Å²) in [5.74, 6) is -0.226. The maximum absolute atomic E-state index is 12.3. The third-order valence-corrected chi connectivity index (χ3v) is 6.01. The molecular formula is C17H14N4O4S. The quantitative estimate of drug-likeness (QED) is 0.632. The van der Waals surface area contributed by atoms with Crippen molar-refractivity contribution in [1.82, 2.24) is 14.5 Å². The molecule has 26 heavy (non-hydrogen) atoms. The predicted molar refractivity (Wildman–Crippen MR) is 94.6 cm³/mol. The van der Waals surface area contributed by atoms with E-state index in [2.05, 4.69) is 16.1 Å². The van der Waals surface area contributed by atoms with Gasteiger partial charge in [-0.05, 0) is 18.9 Å². The molecule has 0 bridgehead atoms. The number of nitrogens with zero attached hydrogens (tertiary/aromatic N) is 4. The van der Waals surface area contributed by atoms with Crippen LogP contribution in [-0.2, 0) is 14.3 Å². The fourth-order valence-electron chi connectivity index (χ4n) is 3.74. The fraction of sp³-hybridized carbons (Fsp3) is 0.294. The molecule has 5 rings (SSSR count). The molecule has 1 aromatic heterocycles. The van der Waals surface area contributed by atoms with Gasteiger partial charge in [0.05, 0.1) is 24.4 Å². The maximum atomic E-state index is 12.3. The van der Waals surface area contributed by atoms with Crippen molar-refractivity contribution in [3.63, 3.8) is 0 Å². The highest BCUT2D eigenvalue weighted by molar-refractivity contribution is 8.03. The molecule has 1 fully saturated rings. The molecule has 1 saturated heterocycles. The van der Waals surface area contributed by atoms with Crippen LogP contribution >= 0.6 is 11.8 Å². The summed E-state index contributed by atoms with van der Waals surface area (Å²) in [6.07, 6.45) is 7.68. The first-order chi connectivity index (χ1) is 12.6. The molecule has 0 saturated carbocycles. The number of β-lactam (4-membered cyclic amide) rings is 1. The second-order valence-corrected chi connectivity index (χ2v) is 7.27. The smallest absolute Gasteiger partial charge is 0.353 e. The first kappa shape index (κ1) is 15.4. The minimum absolute atomic E-state index is 0.0290. The zero-order chi connectivity index (χ0) is 18.0. The van der Waals surface area contributed by atoms with E-state index in [0.717, 1.165) is 18.4 Å². The summed E-state index contributed by atoms with van der Waals surface area (Å²) >= 11 is 1.32. The minimum Gasteiger partial charge on any atom is -0.481 e. The Labute approximate surface area is 152 Å². The summed E-state index contributed by atoms with van der Waals surface area (Å²) in [7, 11) is 1.60. The number of hydrogen-bond acceptors (Lipinski definition) is 6. The van der Waals surface area contributed by atoms with E-state index in [4.69, 9.17) is 9.84 Å². The van der Waals surface area contributed by atoms with Crippen LogP contribution in [-0.4, -0.2) is 49.8 Å². The number of rotatable bonds is 2. The molecular weight excluding hydrogens is 356 g/mol. The van der Waals surface area contributed by atoms with Gasteiger partial charge < -0.3 is 14.4 Å². The van der Waals surface area contributed by atoms with E-state index < -0.39 is 5.97 Å². The normalized spacial score (nSPS) is 27.3. The van der Waals surface area contributed by atoms with Crippen LogP contribution < -0.4 is 0 Å². The third-order valence-electron chi connectivity index (χ3n) is 4.93. The van der Waals surface area contributed by atoms with Crippen molar-refractivity contribution >= 4 is 41.6 Å². The number of carbonyl (C=O) groups is 2. The molecule has 132 valence electrons. The van der Waals surface area contributed by atoms with E-state index in [1.165, 1.54) is 22.1 Å². The van der Waals surface area contributed by atoms with E-state index in [0.29, 0.717) is 23.1 Å². The Morgan fingerprint density at radius 3 is 3.12 bits per heavy atom. The van der Waals surface area contributed by atoms with Crippen LogP contribution in [0.3, 0.4) is 0 Å². The van der Waals surface area contributed by atoms with Crippen molar-refractivity contribution in [2.75, 3.05) is 7.11 Å². The van der Waals surface area contributed by atoms with Crippen molar-refractivity contribution in [3.05, 3.63) is 40.2 Å². The molecule has 8 nitrogen and oxygen atoms in total. The van der Waals surface area contributed by atoms with E-state index in [1.54, 1.807) is 13.2 Å². The Morgan fingerprint density at radius 1 is 1.50 bits per heavy atom. The van der Waals surface area contributed by atoms with Gasteiger partial charge in [0.15, 0.2) is 0 Å². The van der Waals surface area contributed by atoms with Gasteiger partial charge in [-0.1, -0.05) is 6.08 Å². The first-order valence-corrected chi connectivity index (χ1v) is 9.09. The van der Waals surface area contributed by atoms with E-state index >= 15 is 0 Å². The van der Waals surface area contributed by atoms with Gasteiger partial charge in [0, 0.05) is 17.2 Å². The number of imidazole rings is 1. The molecule has 2 atom stereocenters. The van der Waals surface area contributed by atoms with Crippen LogP contribution in [0.25, 0.3) is 6.08 Å². The largest absolute Gasteiger partial charge is 0.481 e. The Bertz CT molecular complexity index is 987. The van der Waals surface area contributed by atoms with E-state index in [-0.39, 0.29) is 23.0 Å². The van der Waals surface area contributed by atoms with Gasteiger partial charge in [-0.3, -0.25) is 9.69 Å². The number of methoxy groups -OCH3 is 1. The highest BCUT2D eigenvalue weighted by Gasteiger charge is 2.49. The van der Waals surface area contributed by atoms with Crippen LogP contribution in [0.1, 0.15) is 24.6 Å². The number of amides is 1. The van der Waals surface area contributed by atoms with Crippen molar-refractivity contribution in [2.24, 2.45) is 4.99 Å². The minimum atomic E-state index is -1.09. The Kier molecular flexibility index (Phi) is 3.17. The third kappa shape index (κ3) is 1.97. The van der Waals surface area contributed by atoms with Crippen LogP contribution in [0.5, 0.6) is 0 Å². The molecule has 0 radical (unpaired) electrons. The molecule has 1 aromatic rings. The number of carboxylic acid groups (broad SMARTS) is 1. The summed E-state index contributed by atoms with van der Waals surface area (Å²) in [5.41, 5.74) is 2.29. The number of hydrogen-bond donors (Lipinski definition) is 1. The molecule has 4 heterocycles. The standard InChI is InChI=1S/C17H14N4O4S/c1-25-13-9-3-2-4-11(9)20-6-8(18-17(20)19-13)5-10-14(22)21-12(16(23)24)7-26-15(10)21/h3,5-7,11,15H,2,4H2,1H3,(H,23,24)/b10-5-/t11?,15-/m1/s1. The van der Waals surface area contributed by atoms with Gasteiger partial charge in [-0.2, -0.15) is 4.99 Å². The fourth-order valence-corrected chi connectivity index (χ4v) is 4.85. The van der Waals surface area contributed by atoms with Crippen molar-refractivity contribution in [1.29, 1.82) is 0 Å². The maximum Gasteiger partial charge on any atom is 0.353 e. The molecule has 0 spiro atoms. The molecule has 1 amide bonds. The van der Waals surface area contributed by atoms with Crippen LogP contribution in [0, 0.1) is 0 Å². The Balaban J connectivity index is 1.47. The van der Waals surface area contributed by atoms with Crippen molar-refractivity contribution < 1.29 is 19.4 Å². The van der Waals surface area contributed by atoms with Crippen molar-refractivity contribution in [2.45, 2.75) is 24.3 Å². The van der Waals surface area contributed by atoms with Crippen molar-refractivity contribution in [3.8, 4) is 0 Å². The average molecular weight is 370 g/mol. The number of carbonyl (C=O) groups excluding carboxylic acids is 1. The Morgan fingerprint density at radius 2 is 2.35 bits per heavy atom. The summed E-state index contributed by atoms with van der Waals surface area (Å²) in [6.45, 7) is 0. The van der Waals surface area contributed by atoms with Crippen LogP contribution in [0.4, 0.5) is 5.95 Å². The number of carboxylic acids is 1. The van der Waals surface area contributed by atoms with Crippen LogP contribution in [0.2, 0.25) is 0 Å². The topological polar surface area (TPSA) is 97.0 Å². The van der Waals surface area contributed by atoms with E-state index in [1.807, 2.05) is 10.8 Å². The first-order valence-electron chi connectivity index (χ1n) is 8.14. The molecule has 9 heteroatoms. The molecule has 3 aliphatic heterocycles. The summed E-state index contributed by atoms with van der Waals surface area (Å²) < 4.78 is 7.39. The average Bonchev–Trinajstić information content (AvgIpc) is 3.33. The number of allylic oxidation sites excluding steroid dienone is 1. The lowest BCUT2D eigenvalue weighted by atomic mass is 10.0. The molecule has 0 aromatic carbocycles. The summed E-state index contributed by atoms with van der Waals surface area (Å²) in [6, 6.07) is 0.159. The number of aliphatic carboxylic acids is 1. The summed E-state index contributed by atoms with van der Waals surface area (Å²) in [5, 5.41) is 10.4. The van der Waals surface area contributed by atoms with E-state index in [9.17, 15) is 9.59 Å². The number of aromatic nitrogens is 2. The van der Waals surface area contributed by atoms with Gasteiger partial charge in [-0.25, -0.2) is 9.78 Å². The molecule has 1 aliphatic carbocycles. The second-order valence-electron chi connectivity index (χ2n) is 6.32. The lowest BCUT2D eigenvalue weighted by Gasteiger charge is -2.36. The predicted octanol–water partition coefficient (Wildman–Crippen LogP) is 2.06. The van der Waals surface area contributed by atoms with Gasteiger partial charge >= 0.3 is 5.97 Å². The van der Waals surface area contributed by atoms with Gasteiger partial charge in [0.2, 0.25) is 11.8 Å².